The average Bonchev–Trinajstić information content (AvgIpc) is 3.57. The summed E-state index contributed by atoms with van der Waals surface area (Å²) < 4.78 is 1.45. The van der Waals surface area contributed by atoms with E-state index in [1.807, 2.05) is 24.3 Å². The Bertz CT molecular complexity index is 1250. The number of amides is 3. The number of piperazine rings is 1. The molecular formula is C27H39ClN8O3. The molecule has 0 spiro atoms. The molecule has 2 aliphatic heterocycles. The third-order valence-corrected chi connectivity index (χ3v) is 7.97. The lowest BCUT2D eigenvalue weighted by Gasteiger charge is -2.37. The van der Waals surface area contributed by atoms with Gasteiger partial charge >= 0.3 is 11.7 Å². The molecule has 2 saturated heterocycles. The van der Waals surface area contributed by atoms with Gasteiger partial charge in [0.2, 0.25) is 5.91 Å². The van der Waals surface area contributed by atoms with Gasteiger partial charge in [0.15, 0.2) is 0 Å². The number of nitrogens with one attached hydrogen (secondary N) is 1. The van der Waals surface area contributed by atoms with Crippen molar-refractivity contribution in [1.82, 2.24) is 24.3 Å². The van der Waals surface area contributed by atoms with Crippen LogP contribution >= 0.6 is 12.4 Å². The molecular weight excluding hydrogens is 520 g/mol. The molecule has 212 valence electrons. The van der Waals surface area contributed by atoms with Crippen molar-refractivity contribution in [3.05, 3.63) is 52.6 Å². The number of nitrogens with zero attached hydrogens (tertiary/aromatic N) is 5. The van der Waals surface area contributed by atoms with Gasteiger partial charge in [0.05, 0.1) is 11.2 Å². The number of nitrogens with two attached hydrogens (primary N) is 2. The van der Waals surface area contributed by atoms with Crippen LogP contribution < -0.4 is 22.5 Å². The van der Waals surface area contributed by atoms with E-state index in [1.165, 1.54) is 16.6 Å². The molecule has 0 bridgehead atoms. The van der Waals surface area contributed by atoms with E-state index >= 15 is 0 Å². The summed E-state index contributed by atoms with van der Waals surface area (Å²) in [5.41, 5.74) is 12.9. The summed E-state index contributed by atoms with van der Waals surface area (Å²) in [5.74, 6) is 0.770. The van der Waals surface area contributed by atoms with E-state index < -0.39 is 11.2 Å². The van der Waals surface area contributed by atoms with Crippen LogP contribution in [0.3, 0.4) is 0 Å². The Kier molecular flexibility index (Phi) is 8.36. The minimum Gasteiger partial charge on any atom is -0.338 e. The Labute approximate surface area is 234 Å². The largest absolute Gasteiger partial charge is 0.354 e. The van der Waals surface area contributed by atoms with E-state index in [0.717, 1.165) is 38.4 Å². The van der Waals surface area contributed by atoms with Crippen molar-refractivity contribution < 1.29 is 9.59 Å². The number of benzene rings is 1. The molecule has 5 N–H and O–H groups in total. The first-order valence-corrected chi connectivity index (χ1v) is 13.4. The van der Waals surface area contributed by atoms with E-state index in [9.17, 15) is 14.4 Å². The molecule has 1 aromatic carbocycles. The highest BCUT2D eigenvalue weighted by Crippen LogP contribution is 2.46. The van der Waals surface area contributed by atoms with Gasteiger partial charge in [-0.25, -0.2) is 9.59 Å². The van der Waals surface area contributed by atoms with Crippen LogP contribution in [0.4, 0.5) is 10.6 Å². The lowest BCUT2D eigenvalue weighted by molar-refractivity contribution is -0.137. The average molecular weight is 559 g/mol. The molecule has 3 amide bonds. The molecule has 3 fully saturated rings. The summed E-state index contributed by atoms with van der Waals surface area (Å²) >= 11 is 0. The summed E-state index contributed by atoms with van der Waals surface area (Å²) in [5, 5.41) is 2.69. The van der Waals surface area contributed by atoms with Gasteiger partial charge in [-0.3, -0.25) is 14.7 Å². The molecule has 2 atom stereocenters. The number of urea groups is 1. The predicted molar refractivity (Wildman–Crippen MR) is 152 cm³/mol. The minimum atomic E-state index is -0.944. The number of carbonyl (C=O) groups is 2. The number of likely N-dealkylation sites (tertiary alicyclic amines) is 1. The van der Waals surface area contributed by atoms with Gasteiger partial charge in [0, 0.05) is 51.0 Å². The van der Waals surface area contributed by atoms with Crippen LogP contribution in [0.15, 0.2) is 41.3 Å². The second-order valence-corrected chi connectivity index (χ2v) is 11.5. The molecule has 3 aliphatic rings. The van der Waals surface area contributed by atoms with Gasteiger partial charge in [0.1, 0.15) is 5.82 Å². The number of fused-ring (bicyclic) bond motifs is 1. The van der Waals surface area contributed by atoms with Crippen LogP contribution in [0.2, 0.25) is 0 Å². The van der Waals surface area contributed by atoms with Crippen LogP contribution in [0.25, 0.3) is 5.69 Å². The molecule has 3 heterocycles. The summed E-state index contributed by atoms with van der Waals surface area (Å²) in [7, 11) is 0. The number of anilines is 1. The smallest absolute Gasteiger partial charge is 0.338 e. The van der Waals surface area contributed by atoms with Gasteiger partial charge in [0.25, 0.3) is 0 Å². The maximum atomic E-state index is 12.7. The first kappa shape index (κ1) is 29.0. The molecule has 0 radical (unpaired) electrons. The second-order valence-electron chi connectivity index (χ2n) is 11.5. The summed E-state index contributed by atoms with van der Waals surface area (Å²) in [4.78, 5) is 47.5. The summed E-state index contributed by atoms with van der Waals surface area (Å²) in [6.07, 6.45) is 4.91. The minimum absolute atomic E-state index is 0. The maximum absolute atomic E-state index is 12.7. The van der Waals surface area contributed by atoms with Crippen molar-refractivity contribution in [2.75, 3.05) is 51.1 Å². The van der Waals surface area contributed by atoms with Crippen LogP contribution in [-0.4, -0.2) is 93.1 Å². The molecule has 1 aromatic heterocycles. The number of piperidine rings is 1. The normalized spacial score (nSPS) is 23.0. The fourth-order valence-corrected chi connectivity index (χ4v) is 5.50. The van der Waals surface area contributed by atoms with Crippen LogP contribution in [0.5, 0.6) is 0 Å². The van der Waals surface area contributed by atoms with Crippen molar-refractivity contribution in [1.29, 1.82) is 0 Å². The fourth-order valence-electron chi connectivity index (χ4n) is 5.50. The molecule has 1 aliphatic carbocycles. The van der Waals surface area contributed by atoms with Gasteiger partial charge in [-0.1, -0.05) is 12.1 Å². The number of aromatic nitrogens is 2. The van der Waals surface area contributed by atoms with E-state index in [0.29, 0.717) is 31.9 Å². The zero-order valence-corrected chi connectivity index (χ0v) is 23.5. The Hall–Kier alpha value is -2.99. The molecule has 12 heteroatoms. The highest BCUT2D eigenvalue weighted by atomic mass is 35.5. The van der Waals surface area contributed by atoms with Crippen molar-refractivity contribution in [3.63, 3.8) is 0 Å². The number of rotatable bonds is 6. The van der Waals surface area contributed by atoms with Crippen LogP contribution in [-0.2, 0) is 11.2 Å². The Balaban J connectivity index is 0.00000353. The highest BCUT2D eigenvalue weighted by molar-refractivity contribution is 5.89. The predicted octanol–water partition coefficient (Wildman–Crippen LogP) is 1.03. The van der Waals surface area contributed by atoms with E-state index in [4.69, 9.17) is 11.5 Å². The lowest BCUT2D eigenvalue weighted by atomic mass is 10.1. The molecule has 11 nitrogen and oxygen atoms in total. The van der Waals surface area contributed by atoms with Gasteiger partial charge in [-0.15, -0.1) is 12.4 Å². The van der Waals surface area contributed by atoms with Crippen LogP contribution in [0, 0.1) is 5.92 Å². The van der Waals surface area contributed by atoms with Crippen LogP contribution in [0.1, 0.15) is 32.3 Å². The number of hydrogen-bond acceptors (Lipinski definition) is 7. The zero-order valence-electron chi connectivity index (χ0n) is 22.6. The van der Waals surface area contributed by atoms with Crippen molar-refractivity contribution >= 4 is 30.2 Å². The third kappa shape index (κ3) is 6.60. The quantitative estimate of drug-likeness (QED) is 0.480. The Morgan fingerprint density at radius 3 is 2.36 bits per heavy atom. The summed E-state index contributed by atoms with van der Waals surface area (Å²) in [6, 6.07) is 9.15. The maximum Gasteiger partial charge on any atom is 0.354 e. The lowest BCUT2D eigenvalue weighted by Crippen LogP contribution is -2.58. The molecule has 1 saturated carbocycles. The number of carbonyl (C=O) groups excluding carboxylic acids is 2. The van der Waals surface area contributed by atoms with E-state index in [-0.39, 0.29) is 35.7 Å². The topological polar surface area (TPSA) is 143 Å². The molecule has 39 heavy (non-hydrogen) atoms. The third-order valence-electron chi connectivity index (χ3n) is 7.97. The summed E-state index contributed by atoms with van der Waals surface area (Å²) in [6.45, 7) is 8.00. The van der Waals surface area contributed by atoms with Crippen molar-refractivity contribution in [3.8, 4) is 5.69 Å². The first-order valence-electron chi connectivity index (χ1n) is 13.4. The number of halogens is 1. The molecule has 2 aromatic rings. The van der Waals surface area contributed by atoms with Gasteiger partial charge in [-0.2, -0.15) is 4.98 Å². The van der Waals surface area contributed by atoms with Crippen molar-refractivity contribution in [2.45, 2.75) is 44.2 Å². The Morgan fingerprint density at radius 1 is 1.08 bits per heavy atom. The molecule has 2 unspecified atom stereocenters. The first-order chi connectivity index (χ1) is 18.0. The van der Waals surface area contributed by atoms with Crippen molar-refractivity contribution in [2.24, 2.45) is 17.4 Å². The highest BCUT2D eigenvalue weighted by Gasteiger charge is 2.53. The Morgan fingerprint density at radius 2 is 1.74 bits per heavy atom. The number of hydrogen-bond donors (Lipinski definition) is 3. The van der Waals surface area contributed by atoms with E-state index in [1.54, 1.807) is 35.9 Å². The second kappa shape index (κ2) is 11.2. The SMILES string of the molecule is CC(C)(N)C(=O)N1CCN(C(=O)Nc2ccn(-c3ccc(CCN4CCC5CC5(N)C4)cc3)c(=O)n2)CC1.Cl. The standard InChI is InChI=1S/C27H38N8O3.ClH/c1-26(2,28)23(36)33-13-15-34(16-14-33)24(37)30-22-9-12-35(25(38)31-22)21-5-3-19(4-6-21)7-10-32-11-8-20-17-27(20,29)18-32;/h3-6,9,12,20H,7-8,10-11,13-18,28-29H2,1-2H3,(H,30,31,37,38);1H. The van der Waals surface area contributed by atoms with Gasteiger partial charge in [-0.05, 0) is 69.3 Å². The van der Waals surface area contributed by atoms with E-state index in [2.05, 4.69) is 15.2 Å². The monoisotopic (exact) mass is 558 g/mol. The fraction of sp³-hybridized carbons (Fsp3) is 0.556. The molecule has 5 rings (SSSR count). The van der Waals surface area contributed by atoms with Gasteiger partial charge < -0.3 is 26.2 Å². The zero-order chi connectivity index (χ0) is 27.1.